The van der Waals surface area contributed by atoms with Crippen LogP contribution in [0.4, 0.5) is 13.2 Å². The van der Waals surface area contributed by atoms with Crippen LogP contribution in [0.5, 0.6) is 0 Å². The highest BCUT2D eigenvalue weighted by Gasteiger charge is 2.31. The Balaban J connectivity index is 1.37. The predicted octanol–water partition coefficient (Wildman–Crippen LogP) is 5.78. The Morgan fingerprint density at radius 3 is 2.73 bits per heavy atom. The maximum absolute atomic E-state index is 13.4. The minimum atomic E-state index is -4.54. The molecule has 0 aliphatic heterocycles. The molecule has 0 atom stereocenters. The molecule has 5 rings (SSSR count). The minimum Gasteiger partial charge on any atom is -0.461 e. The first-order valence-electron chi connectivity index (χ1n) is 12.1. The summed E-state index contributed by atoms with van der Waals surface area (Å²) in [5.74, 6) is 0.401. The molecule has 0 aliphatic rings. The van der Waals surface area contributed by atoms with Gasteiger partial charge in [-0.15, -0.1) is 10.2 Å². The van der Waals surface area contributed by atoms with Crippen molar-refractivity contribution in [3.63, 3.8) is 0 Å². The summed E-state index contributed by atoms with van der Waals surface area (Å²) in [7, 11) is 0. The van der Waals surface area contributed by atoms with Crippen molar-refractivity contribution in [1.29, 1.82) is 5.26 Å². The molecule has 0 saturated carbocycles. The number of nitriles is 1. The third-order valence-electron chi connectivity index (χ3n) is 5.78. The summed E-state index contributed by atoms with van der Waals surface area (Å²) >= 11 is 1.11. The van der Waals surface area contributed by atoms with Gasteiger partial charge in [0.15, 0.2) is 16.6 Å². The highest BCUT2D eigenvalue weighted by molar-refractivity contribution is 7.98. The van der Waals surface area contributed by atoms with Crippen LogP contribution in [0.15, 0.2) is 87.4 Å². The summed E-state index contributed by atoms with van der Waals surface area (Å²) in [6, 6.07) is 13.7. The molecule has 4 aromatic heterocycles. The number of benzene rings is 1. The van der Waals surface area contributed by atoms with Crippen molar-refractivity contribution in [3.05, 3.63) is 96.2 Å². The molecule has 0 spiro atoms. The lowest BCUT2D eigenvalue weighted by Gasteiger charge is -2.20. The van der Waals surface area contributed by atoms with E-state index in [1.807, 2.05) is 12.1 Å². The van der Waals surface area contributed by atoms with Gasteiger partial charge >= 0.3 is 6.18 Å². The van der Waals surface area contributed by atoms with Crippen LogP contribution < -0.4 is 0 Å². The van der Waals surface area contributed by atoms with Gasteiger partial charge in [-0.05, 0) is 42.0 Å². The van der Waals surface area contributed by atoms with Crippen molar-refractivity contribution in [3.8, 4) is 23.3 Å². The summed E-state index contributed by atoms with van der Waals surface area (Å²) < 4.78 is 52.7. The summed E-state index contributed by atoms with van der Waals surface area (Å²) in [6.07, 6.45) is 1.50. The van der Waals surface area contributed by atoms with Gasteiger partial charge in [-0.25, -0.2) is 4.98 Å². The number of amides is 1. The van der Waals surface area contributed by atoms with Crippen LogP contribution in [0.1, 0.15) is 33.9 Å². The normalized spacial score (nSPS) is 11.4. The quantitative estimate of drug-likeness (QED) is 0.189. The molecule has 0 fully saturated rings. The van der Waals surface area contributed by atoms with E-state index < -0.39 is 17.6 Å². The van der Waals surface area contributed by atoms with E-state index in [2.05, 4.69) is 20.2 Å². The van der Waals surface area contributed by atoms with Crippen molar-refractivity contribution in [2.24, 2.45) is 0 Å². The lowest BCUT2D eigenvalue weighted by Crippen LogP contribution is -2.31. The molecule has 1 amide bonds. The number of aromatic nitrogens is 5. The fourth-order valence-corrected chi connectivity index (χ4v) is 4.70. The smallest absolute Gasteiger partial charge is 0.416 e. The number of carbonyl (C=O) groups excluding carboxylic acids is 1. The van der Waals surface area contributed by atoms with Gasteiger partial charge in [-0.1, -0.05) is 23.9 Å². The average Bonchev–Trinajstić information content (AvgIpc) is 3.75. The number of pyridine rings is 1. The molecule has 0 aliphatic carbocycles. The monoisotopic (exact) mass is 579 g/mol. The van der Waals surface area contributed by atoms with E-state index in [-0.39, 0.29) is 53.5 Å². The zero-order valence-corrected chi connectivity index (χ0v) is 22.0. The molecule has 0 radical (unpaired) electrons. The van der Waals surface area contributed by atoms with Gasteiger partial charge in [0.25, 0.3) is 5.91 Å². The number of carbonyl (C=O) groups is 1. The lowest BCUT2D eigenvalue weighted by molar-refractivity contribution is -0.137. The van der Waals surface area contributed by atoms with E-state index in [4.69, 9.17) is 14.1 Å². The number of thioether (sulfide) groups is 1. The Kier molecular flexibility index (Phi) is 8.16. The predicted molar refractivity (Wildman–Crippen MR) is 139 cm³/mol. The largest absolute Gasteiger partial charge is 0.461 e. The average molecular weight is 580 g/mol. The molecule has 4 heterocycles. The van der Waals surface area contributed by atoms with Crippen LogP contribution in [0.2, 0.25) is 0 Å². The molecule has 0 N–H and O–H groups in total. The lowest BCUT2D eigenvalue weighted by atomic mass is 10.2. The maximum atomic E-state index is 13.4. The van der Waals surface area contributed by atoms with Crippen LogP contribution in [0.3, 0.4) is 0 Å². The number of furan rings is 1. The molecule has 0 saturated heterocycles. The topological polar surface area (TPSA) is 127 Å². The van der Waals surface area contributed by atoms with E-state index in [0.29, 0.717) is 5.76 Å². The number of hydrogen-bond acceptors (Lipinski definition) is 9. The Bertz CT molecular complexity index is 1660. The Morgan fingerprint density at radius 2 is 2.00 bits per heavy atom. The minimum absolute atomic E-state index is 0.0537. The number of halogens is 3. The molecular formula is C27H20F3N7O3S. The standard InChI is InChI=1S/C27H20F3N7O3S/c28-27(29,30)19-6-1-7-20(13-19)37-24(22-8-3-12-39-22)34-35-26(37)41-17-23-33-21(16-40-23)25(38)36(11-4-9-31)15-18-5-2-10-32-14-18/h1-3,5-8,10,12-14,16H,4,11,15,17H2. The van der Waals surface area contributed by atoms with Gasteiger partial charge in [0.2, 0.25) is 11.7 Å². The second kappa shape index (κ2) is 12.1. The molecule has 1 aromatic carbocycles. The first kappa shape index (κ1) is 27.7. The van der Waals surface area contributed by atoms with Gasteiger partial charge in [0.1, 0.15) is 6.26 Å². The van der Waals surface area contributed by atoms with E-state index in [9.17, 15) is 18.0 Å². The van der Waals surface area contributed by atoms with Crippen LogP contribution >= 0.6 is 11.8 Å². The third kappa shape index (κ3) is 6.47. The highest BCUT2D eigenvalue weighted by Crippen LogP contribution is 2.34. The van der Waals surface area contributed by atoms with Crippen molar-refractivity contribution >= 4 is 17.7 Å². The first-order chi connectivity index (χ1) is 19.8. The molecule has 14 heteroatoms. The number of nitrogens with zero attached hydrogens (tertiary/aromatic N) is 7. The van der Waals surface area contributed by atoms with Crippen molar-refractivity contribution in [2.45, 2.75) is 30.1 Å². The summed E-state index contributed by atoms with van der Waals surface area (Å²) in [6.45, 7) is 0.428. The molecule has 41 heavy (non-hydrogen) atoms. The molecule has 5 aromatic rings. The van der Waals surface area contributed by atoms with Gasteiger partial charge < -0.3 is 13.7 Å². The van der Waals surface area contributed by atoms with E-state index in [1.165, 1.54) is 34.1 Å². The molecule has 0 unspecified atom stereocenters. The molecular weight excluding hydrogens is 559 g/mol. The Labute approximate surface area is 235 Å². The van der Waals surface area contributed by atoms with Crippen LogP contribution in [0.25, 0.3) is 17.3 Å². The fourth-order valence-electron chi connectivity index (χ4n) is 3.90. The number of oxazole rings is 1. The van der Waals surface area contributed by atoms with Crippen LogP contribution in [-0.2, 0) is 18.5 Å². The molecule has 0 bridgehead atoms. The number of rotatable bonds is 10. The summed E-state index contributed by atoms with van der Waals surface area (Å²) in [5.41, 5.74) is 0.205. The Hall–Kier alpha value is -4.90. The molecule has 10 nitrogen and oxygen atoms in total. The summed E-state index contributed by atoms with van der Waals surface area (Å²) in [4.78, 5) is 23.0. The van der Waals surface area contributed by atoms with Gasteiger partial charge in [0.05, 0.1) is 35.8 Å². The number of hydrogen-bond donors (Lipinski definition) is 0. The van der Waals surface area contributed by atoms with Crippen LogP contribution in [-0.4, -0.2) is 42.1 Å². The van der Waals surface area contributed by atoms with Gasteiger partial charge in [0, 0.05) is 25.5 Å². The van der Waals surface area contributed by atoms with E-state index >= 15 is 0 Å². The van der Waals surface area contributed by atoms with Gasteiger partial charge in [-0.3, -0.25) is 14.3 Å². The Morgan fingerprint density at radius 1 is 1.12 bits per heavy atom. The van der Waals surface area contributed by atoms with Gasteiger partial charge in [-0.2, -0.15) is 18.4 Å². The van der Waals surface area contributed by atoms with Crippen molar-refractivity contribution < 1.29 is 26.8 Å². The maximum Gasteiger partial charge on any atom is 0.416 e. The second-order valence-electron chi connectivity index (χ2n) is 8.58. The first-order valence-corrected chi connectivity index (χ1v) is 13.1. The number of alkyl halides is 3. The third-order valence-corrected chi connectivity index (χ3v) is 6.69. The fraction of sp³-hybridized carbons (Fsp3) is 0.185. The zero-order chi connectivity index (χ0) is 28.8. The van der Waals surface area contributed by atoms with Crippen molar-refractivity contribution in [1.82, 2.24) is 29.6 Å². The summed E-state index contributed by atoms with van der Waals surface area (Å²) in [5, 5.41) is 17.6. The second-order valence-corrected chi connectivity index (χ2v) is 9.52. The van der Waals surface area contributed by atoms with Crippen LogP contribution in [0, 0.1) is 11.3 Å². The highest BCUT2D eigenvalue weighted by atomic mass is 32.2. The van der Waals surface area contributed by atoms with E-state index in [1.54, 1.807) is 30.6 Å². The van der Waals surface area contributed by atoms with Crippen molar-refractivity contribution in [2.75, 3.05) is 6.54 Å². The van der Waals surface area contributed by atoms with E-state index in [0.717, 1.165) is 29.5 Å². The SMILES string of the molecule is N#CCCN(Cc1cccnc1)C(=O)c1coc(CSc2nnc(-c3ccco3)n2-c2cccc(C(F)(F)F)c2)n1. The molecule has 208 valence electrons. The zero-order valence-electron chi connectivity index (χ0n) is 21.2.